The van der Waals surface area contributed by atoms with E-state index in [-0.39, 0.29) is 10.6 Å². The lowest BCUT2D eigenvalue weighted by Gasteiger charge is -1.93. The third-order valence-electron chi connectivity index (χ3n) is 1.92. The zero-order valence-electron chi connectivity index (χ0n) is 9.69. The second-order valence-electron chi connectivity index (χ2n) is 3.01. The van der Waals surface area contributed by atoms with Crippen LogP contribution in [0.15, 0.2) is 35.6 Å². The van der Waals surface area contributed by atoms with Crippen LogP contribution in [0.5, 0.6) is 0 Å². The SMILES string of the molecule is CC.CCCC1=CC=C([N+](=O)[O-])CC=C1. The Morgan fingerprint density at radius 1 is 1.40 bits per heavy atom. The lowest BCUT2D eigenvalue weighted by atomic mass is 10.1. The van der Waals surface area contributed by atoms with E-state index in [4.69, 9.17) is 0 Å². The molecule has 3 nitrogen and oxygen atoms in total. The predicted octanol–water partition coefficient (Wildman–Crippen LogP) is 3.86. The van der Waals surface area contributed by atoms with Crippen molar-refractivity contribution in [2.75, 3.05) is 0 Å². The maximum Gasteiger partial charge on any atom is 0.249 e. The molecule has 0 heterocycles. The van der Waals surface area contributed by atoms with Gasteiger partial charge in [0.15, 0.2) is 0 Å². The van der Waals surface area contributed by atoms with Crippen LogP contribution in [-0.4, -0.2) is 4.92 Å². The molecule has 0 spiro atoms. The normalized spacial score (nSPS) is 14.3. The summed E-state index contributed by atoms with van der Waals surface area (Å²) >= 11 is 0. The molecule has 0 saturated heterocycles. The maximum absolute atomic E-state index is 10.4. The standard InChI is InChI=1S/C10H13NO2.C2H6/c1-2-4-9-5-3-6-10(8-7-9)11(12)13;1-2/h3,5,7-8H,2,4,6H2,1H3;1-2H3. The van der Waals surface area contributed by atoms with Crippen molar-refractivity contribution in [1.82, 2.24) is 0 Å². The van der Waals surface area contributed by atoms with Crippen molar-refractivity contribution in [3.05, 3.63) is 45.7 Å². The van der Waals surface area contributed by atoms with Gasteiger partial charge in [0.2, 0.25) is 5.70 Å². The second-order valence-corrected chi connectivity index (χ2v) is 3.01. The van der Waals surface area contributed by atoms with Crippen LogP contribution in [0.3, 0.4) is 0 Å². The van der Waals surface area contributed by atoms with E-state index in [1.165, 1.54) is 5.57 Å². The van der Waals surface area contributed by atoms with E-state index in [0.29, 0.717) is 6.42 Å². The minimum atomic E-state index is -0.324. The Bertz CT molecular complexity index is 288. The molecule has 0 amide bonds. The van der Waals surface area contributed by atoms with Gasteiger partial charge in [0, 0.05) is 6.08 Å². The molecule has 0 N–H and O–H groups in total. The molecule has 15 heavy (non-hydrogen) atoms. The smallest absolute Gasteiger partial charge is 0.249 e. The molecule has 0 aromatic carbocycles. The predicted molar refractivity (Wildman–Crippen MR) is 63.2 cm³/mol. The molecule has 0 aromatic heterocycles. The van der Waals surface area contributed by atoms with E-state index in [1.54, 1.807) is 6.08 Å². The highest BCUT2D eigenvalue weighted by molar-refractivity contribution is 5.28. The van der Waals surface area contributed by atoms with Crippen LogP contribution in [0.4, 0.5) is 0 Å². The number of nitro groups is 1. The summed E-state index contributed by atoms with van der Waals surface area (Å²) in [4.78, 5) is 10.1. The summed E-state index contributed by atoms with van der Waals surface area (Å²) in [5.41, 5.74) is 1.43. The van der Waals surface area contributed by atoms with Gasteiger partial charge in [-0.25, -0.2) is 0 Å². The maximum atomic E-state index is 10.4. The average Bonchev–Trinajstić information content (AvgIpc) is 2.47. The summed E-state index contributed by atoms with van der Waals surface area (Å²) in [7, 11) is 0. The molecule has 3 heteroatoms. The quantitative estimate of drug-likeness (QED) is 0.523. The summed E-state index contributed by atoms with van der Waals surface area (Å²) in [6.07, 6.45) is 9.74. The summed E-state index contributed by atoms with van der Waals surface area (Å²) in [5.74, 6) is 0. The van der Waals surface area contributed by atoms with E-state index >= 15 is 0 Å². The van der Waals surface area contributed by atoms with Gasteiger partial charge in [-0.2, -0.15) is 0 Å². The summed E-state index contributed by atoms with van der Waals surface area (Å²) in [6, 6.07) is 0. The third kappa shape index (κ3) is 5.15. The largest absolute Gasteiger partial charge is 0.259 e. The molecule has 0 atom stereocenters. The fraction of sp³-hybridized carbons (Fsp3) is 0.500. The topological polar surface area (TPSA) is 43.1 Å². The molecule has 84 valence electrons. The highest BCUT2D eigenvalue weighted by Crippen LogP contribution is 2.14. The minimum absolute atomic E-state index is 0.266. The molecular weight excluding hydrogens is 190 g/mol. The average molecular weight is 209 g/mol. The van der Waals surface area contributed by atoms with Gasteiger partial charge >= 0.3 is 0 Å². The van der Waals surface area contributed by atoms with Crippen molar-refractivity contribution in [2.45, 2.75) is 40.0 Å². The van der Waals surface area contributed by atoms with E-state index in [1.807, 2.05) is 32.1 Å². The van der Waals surface area contributed by atoms with Gasteiger partial charge in [0.1, 0.15) is 0 Å². The van der Waals surface area contributed by atoms with Gasteiger partial charge in [-0.05, 0) is 12.0 Å². The minimum Gasteiger partial charge on any atom is -0.259 e. The van der Waals surface area contributed by atoms with Crippen LogP contribution < -0.4 is 0 Å². The molecule has 0 aromatic rings. The zero-order valence-corrected chi connectivity index (χ0v) is 9.69. The fourth-order valence-corrected chi connectivity index (χ4v) is 1.25. The van der Waals surface area contributed by atoms with Crippen molar-refractivity contribution in [3.63, 3.8) is 0 Å². The van der Waals surface area contributed by atoms with Gasteiger partial charge in [-0.15, -0.1) is 0 Å². The van der Waals surface area contributed by atoms with Gasteiger partial charge in [0.25, 0.3) is 0 Å². The van der Waals surface area contributed by atoms with E-state index in [9.17, 15) is 10.1 Å². The molecule has 0 unspecified atom stereocenters. The molecule has 0 bridgehead atoms. The van der Waals surface area contributed by atoms with Crippen LogP contribution in [0, 0.1) is 10.1 Å². The lowest BCUT2D eigenvalue weighted by Crippen LogP contribution is -1.95. The number of hydrogen-bond acceptors (Lipinski definition) is 2. The molecule has 0 saturated carbocycles. The Labute approximate surface area is 91.3 Å². The van der Waals surface area contributed by atoms with Gasteiger partial charge in [-0.1, -0.05) is 45.4 Å². The van der Waals surface area contributed by atoms with Crippen LogP contribution in [0.2, 0.25) is 0 Å². The monoisotopic (exact) mass is 209 g/mol. The van der Waals surface area contributed by atoms with E-state index in [2.05, 4.69) is 6.92 Å². The molecule has 1 aliphatic carbocycles. The van der Waals surface area contributed by atoms with Crippen LogP contribution in [0.1, 0.15) is 40.0 Å². The molecule has 1 rings (SSSR count). The Hall–Kier alpha value is -1.38. The number of hydrogen-bond donors (Lipinski definition) is 0. The van der Waals surface area contributed by atoms with Crippen LogP contribution in [0.25, 0.3) is 0 Å². The summed E-state index contributed by atoms with van der Waals surface area (Å²) < 4.78 is 0. The first-order valence-electron chi connectivity index (χ1n) is 5.44. The fourth-order valence-electron chi connectivity index (χ4n) is 1.25. The first kappa shape index (κ1) is 13.6. The highest BCUT2D eigenvalue weighted by atomic mass is 16.6. The first-order valence-corrected chi connectivity index (χ1v) is 5.44. The number of allylic oxidation sites excluding steroid dienone is 5. The van der Waals surface area contributed by atoms with Gasteiger partial charge < -0.3 is 0 Å². The van der Waals surface area contributed by atoms with Crippen LogP contribution >= 0.6 is 0 Å². The first-order chi connectivity index (χ1) is 7.24. The molecule has 0 radical (unpaired) electrons. The van der Waals surface area contributed by atoms with Gasteiger partial charge in [-0.3, -0.25) is 10.1 Å². The zero-order chi connectivity index (χ0) is 11.7. The van der Waals surface area contributed by atoms with Crippen molar-refractivity contribution in [2.24, 2.45) is 0 Å². The van der Waals surface area contributed by atoms with E-state index in [0.717, 1.165) is 12.8 Å². The summed E-state index contributed by atoms with van der Waals surface area (Å²) in [6.45, 7) is 6.09. The van der Waals surface area contributed by atoms with Crippen molar-refractivity contribution in [1.29, 1.82) is 0 Å². The van der Waals surface area contributed by atoms with Crippen molar-refractivity contribution >= 4 is 0 Å². The highest BCUT2D eigenvalue weighted by Gasteiger charge is 2.08. The van der Waals surface area contributed by atoms with Crippen LogP contribution in [-0.2, 0) is 0 Å². The Morgan fingerprint density at radius 3 is 2.60 bits per heavy atom. The third-order valence-corrected chi connectivity index (χ3v) is 1.92. The number of rotatable bonds is 3. The Kier molecular flexibility index (Phi) is 7.24. The number of nitrogens with zero attached hydrogens (tertiary/aromatic N) is 1. The summed E-state index contributed by atoms with van der Waals surface area (Å²) in [5, 5.41) is 10.4. The van der Waals surface area contributed by atoms with Crippen molar-refractivity contribution < 1.29 is 4.92 Å². The molecule has 0 fully saturated rings. The Morgan fingerprint density at radius 2 is 2.07 bits per heavy atom. The molecule has 0 aliphatic heterocycles. The second kappa shape index (κ2) is 7.97. The molecule has 1 aliphatic rings. The Balaban J connectivity index is 0.000000921. The van der Waals surface area contributed by atoms with Gasteiger partial charge in [0.05, 0.1) is 11.3 Å². The van der Waals surface area contributed by atoms with Crippen molar-refractivity contribution in [3.8, 4) is 0 Å². The van der Waals surface area contributed by atoms with E-state index < -0.39 is 0 Å². The lowest BCUT2D eigenvalue weighted by molar-refractivity contribution is -0.426. The molecular formula is C12H19NO2.